The van der Waals surface area contributed by atoms with Crippen LogP contribution in [0.1, 0.15) is 42.1 Å². The van der Waals surface area contributed by atoms with Crippen molar-refractivity contribution in [3.05, 3.63) is 82.8 Å². The lowest BCUT2D eigenvalue weighted by atomic mass is 9.99. The molecule has 0 unspecified atom stereocenters. The van der Waals surface area contributed by atoms with Gasteiger partial charge in [0.2, 0.25) is 17.6 Å². The maximum Gasteiger partial charge on any atom is 0.333 e. The van der Waals surface area contributed by atoms with E-state index in [4.69, 9.17) is 11.5 Å². The van der Waals surface area contributed by atoms with E-state index in [2.05, 4.69) is 36.8 Å². The number of amides is 4. The largest absolute Gasteiger partial charge is 0.370 e. The predicted octanol–water partition coefficient (Wildman–Crippen LogP) is 1.94. The molecule has 2 aromatic carbocycles. The average Bonchev–Trinajstić information content (AvgIpc) is 3.55. The molecule has 234 valence electrons. The van der Waals surface area contributed by atoms with E-state index in [1.54, 1.807) is 43.5 Å². The molecular weight excluding hydrogens is 582 g/mol. The molecule has 0 fully saturated rings. The normalized spacial score (nSPS) is 12.8. The van der Waals surface area contributed by atoms with Gasteiger partial charge in [0.05, 0.1) is 6.04 Å². The van der Waals surface area contributed by atoms with Crippen molar-refractivity contribution in [2.45, 2.75) is 51.2 Å². The van der Waals surface area contributed by atoms with Gasteiger partial charge in [0.15, 0.2) is 11.0 Å². The molecule has 4 amide bonds. The van der Waals surface area contributed by atoms with Crippen molar-refractivity contribution in [1.29, 1.82) is 0 Å². The summed E-state index contributed by atoms with van der Waals surface area (Å²) in [7, 11) is 0. The van der Waals surface area contributed by atoms with Gasteiger partial charge >= 0.3 is 6.03 Å². The lowest BCUT2D eigenvalue weighted by Crippen LogP contribution is -2.59. The number of anilines is 1. The van der Waals surface area contributed by atoms with Crippen molar-refractivity contribution < 1.29 is 19.2 Å². The van der Waals surface area contributed by atoms with Gasteiger partial charge in [-0.2, -0.15) is 0 Å². The van der Waals surface area contributed by atoms with Crippen LogP contribution in [-0.2, 0) is 16.0 Å². The number of benzene rings is 2. The third-order valence-corrected chi connectivity index (χ3v) is 7.25. The monoisotopic (exact) mass is 621 g/mol. The smallest absolute Gasteiger partial charge is 0.333 e. The molecule has 14 heteroatoms. The summed E-state index contributed by atoms with van der Waals surface area (Å²) in [6.07, 6.45) is 2.43. The maximum atomic E-state index is 13.6. The Labute approximate surface area is 260 Å². The summed E-state index contributed by atoms with van der Waals surface area (Å²) in [6, 6.07) is 14.7. The molecule has 44 heavy (non-hydrogen) atoms. The zero-order chi connectivity index (χ0) is 31.9. The quantitative estimate of drug-likeness (QED) is 0.0413. The van der Waals surface area contributed by atoms with Gasteiger partial charge in [-0.1, -0.05) is 62.4 Å². The first-order chi connectivity index (χ1) is 21.1. The number of carbonyl (C=O) groups excluding carboxylic acids is 4. The summed E-state index contributed by atoms with van der Waals surface area (Å²) in [5.74, 6) is -1.78. The SMILES string of the molecule is CC(C)[C@H](NC(=O)[C@H](Cc1ccccc1)NNC(=O)Nc1ccccc1)C(=O)N[C@@H](CCCN=C(N)N)C(=O)c1nccs1. The minimum atomic E-state index is -0.981. The van der Waals surface area contributed by atoms with Gasteiger partial charge in [0.25, 0.3) is 0 Å². The van der Waals surface area contributed by atoms with Crippen molar-refractivity contribution in [3.63, 3.8) is 0 Å². The zero-order valence-electron chi connectivity index (χ0n) is 24.7. The van der Waals surface area contributed by atoms with E-state index in [-0.39, 0.29) is 42.1 Å². The second kappa shape index (κ2) is 17.3. The highest BCUT2D eigenvalue weighted by molar-refractivity contribution is 7.11. The highest BCUT2D eigenvalue weighted by atomic mass is 32.1. The summed E-state index contributed by atoms with van der Waals surface area (Å²) < 4.78 is 0. The molecule has 0 aliphatic rings. The average molecular weight is 622 g/mol. The number of guanidine groups is 1. The molecule has 0 bridgehead atoms. The summed E-state index contributed by atoms with van der Waals surface area (Å²) in [4.78, 5) is 60.8. The third-order valence-electron chi connectivity index (χ3n) is 6.46. The number of urea groups is 1. The van der Waals surface area contributed by atoms with Gasteiger partial charge in [0.1, 0.15) is 12.1 Å². The van der Waals surface area contributed by atoms with Crippen LogP contribution in [-0.4, -0.2) is 59.2 Å². The number of nitrogens with two attached hydrogens (primary N) is 2. The molecule has 9 N–H and O–H groups in total. The summed E-state index contributed by atoms with van der Waals surface area (Å²) in [5.41, 5.74) is 17.5. The fourth-order valence-electron chi connectivity index (χ4n) is 4.21. The Bertz CT molecular complexity index is 1380. The number of nitrogens with one attached hydrogen (secondary N) is 5. The molecule has 0 spiro atoms. The molecule has 3 aromatic rings. The van der Waals surface area contributed by atoms with Gasteiger partial charge in [0, 0.05) is 23.8 Å². The molecule has 0 saturated heterocycles. The molecule has 3 rings (SSSR count). The molecule has 0 aliphatic heterocycles. The minimum absolute atomic E-state index is 0.0647. The van der Waals surface area contributed by atoms with E-state index in [1.165, 1.54) is 17.5 Å². The van der Waals surface area contributed by atoms with E-state index in [9.17, 15) is 19.2 Å². The Morgan fingerprint density at radius 3 is 2.20 bits per heavy atom. The zero-order valence-corrected chi connectivity index (χ0v) is 25.5. The van der Waals surface area contributed by atoms with Crippen molar-refractivity contribution in [3.8, 4) is 0 Å². The molecule has 0 saturated carbocycles. The summed E-state index contributed by atoms with van der Waals surface area (Å²) in [5, 5.41) is 10.2. The van der Waals surface area contributed by atoms with Crippen LogP contribution in [0.25, 0.3) is 0 Å². The van der Waals surface area contributed by atoms with E-state index in [0.717, 1.165) is 5.56 Å². The second-order valence-corrected chi connectivity index (χ2v) is 11.2. The van der Waals surface area contributed by atoms with E-state index >= 15 is 0 Å². The van der Waals surface area contributed by atoms with Crippen molar-refractivity contribution >= 4 is 46.6 Å². The van der Waals surface area contributed by atoms with Crippen LogP contribution < -0.4 is 38.3 Å². The van der Waals surface area contributed by atoms with Crippen LogP contribution >= 0.6 is 11.3 Å². The minimum Gasteiger partial charge on any atom is -0.370 e. The lowest BCUT2D eigenvalue weighted by Gasteiger charge is -2.27. The van der Waals surface area contributed by atoms with Crippen molar-refractivity contribution in [1.82, 2.24) is 26.5 Å². The topological polar surface area (TPSA) is 206 Å². The number of nitrogens with zero attached hydrogens (tertiary/aromatic N) is 2. The summed E-state index contributed by atoms with van der Waals surface area (Å²) in [6.45, 7) is 3.85. The molecule has 3 atom stereocenters. The number of hydrogen-bond donors (Lipinski definition) is 7. The number of ketones is 1. The van der Waals surface area contributed by atoms with E-state index < -0.39 is 36.0 Å². The molecule has 0 aliphatic carbocycles. The molecule has 1 aromatic heterocycles. The van der Waals surface area contributed by atoms with Crippen molar-refractivity contribution in [2.24, 2.45) is 22.4 Å². The van der Waals surface area contributed by atoms with Gasteiger partial charge in [-0.3, -0.25) is 24.8 Å². The first-order valence-electron chi connectivity index (χ1n) is 14.2. The maximum absolute atomic E-state index is 13.6. The number of Topliss-reactive ketones (excluding diaryl/α,β-unsaturated/α-hetero) is 1. The van der Waals surface area contributed by atoms with Gasteiger partial charge < -0.3 is 27.4 Å². The number of hydrogen-bond acceptors (Lipinski definition) is 8. The standard InChI is InChI=1S/C30H39N9O4S/c1-19(2)24(27(42)36-22(14-9-15-34-29(31)32)25(40)28-33-16-17-44-28)37-26(41)23(18-20-10-5-3-6-11-20)38-39-30(43)35-21-12-7-4-8-13-21/h3-8,10-13,16-17,19,22-24,38H,9,14-15,18H2,1-2H3,(H,36,42)(H,37,41)(H4,31,32,34)(H2,35,39,43)/t22-,23-,24-/m0/s1. The fourth-order valence-corrected chi connectivity index (χ4v) is 4.84. The number of thiazole rings is 1. The summed E-state index contributed by atoms with van der Waals surface area (Å²) >= 11 is 1.17. The van der Waals surface area contributed by atoms with Crippen LogP contribution in [0, 0.1) is 5.92 Å². The van der Waals surface area contributed by atoms with Crippen LogP contribution in [0.2, 0.25) is 0 Å². The second-order valence-electron chi connectivity index (χ2n) is 10.3. The Kier molecular flexibility index (Phi) is 13.3. The molecule has 13 nitrogen and oxygen atoms in total. The Morgan fingerprint density at radius 1 is 0.909 bits per heavy atom. The van der Waals surface area contributed by atoms with Gasteiger partial charge in [-0.05, 0) is 42.9 Å². The van der Waals surface area contributed by atoms with E-state index in [0.29, 0.717) is 12.1 Å². The number of para-hydroxylation sites is 1. The van der Waals surface area contributed by atoms with Crippen LogP contribution in [0.5, 0.6) is 0 Å². The first-order valence-corrected chi connectivity index (χ1v) is 15.0. The highest BCUT2D eigenvalue weighted by Gasteiger charge is 2.32. The van der Waals surface area contributed by atoms with Crippen LogP contribution in [0.4, 0.5) is 10.5 Å². The lowest BCUT2D eigenvalue weighted by molar-refractivity contribution is -0.131. The van der Waals surface area contributed by atoms with Crippen molar-refractivity contribution in [2.75, 3.05) is 11.9 Å². The van der Waals surface area contributed by atoms with Gasteiger partial charge in [-0.15, -0.1) is 11.3 Å². The Hall–Kier alpha value is -4.82. The molecular formula is C30H39N9O4S. The molecule has 0 radical (unpaired) electrons. The van der Waals surface area contributed by atoms with E-state index in [1.807, 2.05) is 36.4 Å². The number of aromatic nitrogens is 1. The predicted molar refractivity (Wildman–Crippen MR) is 171 cm³/mol. The Balaban J connectivity index is 1.72. The highest BCUT2D eigenvalue weighted by Crippen LogP contribution is 2.13. The third kappa shape index (κ3) is 11.1. The Morgan fingerprint density at radius 2 is 1.59 bits per heavy atom. The van der Waals surface area contributed by atoms with Gasteiger partial charge in [-0.25, -0.2) is 15.2 Å². The number of hydrazine groups is 1. The number of aliphatic imine (C=N–C) groups is 1. The number of carbonyl (C=O) groups is 4. The first kappa shape index (κ1) is 33.7. The van der Waals surface area contributed by atoms with Crippen LogP contribution in [0.3, 0.4) is 0 Å². The fraction of sp³-hybridized carbons (Fsp3) is 0.333. The van der Waals surface area contributed by atoms with Crippen LogP contribution in [0.15, 0.2) is 77.2 Å². The number of rotatable bonds is 16. The molecule has 1 heterocycles.